The lowest BCUT2D eigenvalue weighted by molar-refractivity contribution is -0.385. The highest BCUT2D eigenvalue weighted by Gasteiger charge is 2.17. The summed E-state index contributed by atoms with van der Waals surface area (Å²) in [5, 5.41) is 10.9. The van der Waals surface area contributed by atoms with Gasteiger partial charge >= 0.3 is 0 Å². The minimum absolute atomic E-state index is 0.0740. The maximum absolute atomic E-state index is 10.9. The number of hydrogen-bond acceptors (Lipinski definition) is 2. The molecule has 0 spiro atoms. The first-order chi connectivity index (χ1) is 6.93. The lowest BCUT2D eigenvalue weighted by atomic mass is 9.95. The molecule has 0 aromatic heterocycles. The average Bonchev–Trinajstić information content (AvgIpc) is 2.16. The Kier molecular flexibility index (Phi) is 3.45. The van der Waals surface area contributed by atoms with Gasteiger partial charge in [-0.1, -0.05) is 32.9 Å². The van der Waals surface area contributed by atoms with Crippen LogP contribution in [0.2, 0.25) is 0 Å². The molecule has 1 rings (SSSR count). The summed E-state index contributed by atoms with van der Waals surface area (Å²) in [7, 11) is 0. The predicted molar refractivity (Wildman–Crippen MR) is 61.0 cm³/mol. The van der Waals surface area contributed by atoms with Crippen LogP contribution in [0.4, 0.5) is 5.69 Å². The molecule has 1 aromatic carbocycles. The van der Waals surface area contributed by atoms with Crippen molar-refractivity contribution in [1.29, 1.82) is 0 Å². The van der Waals surface area contributed by atoms with E-state index in [1.165, 1.54) is 0 Å². The second kappa shape index (κ2) is 4.43. The predicted octanol–water partition coefficient (Wildman–Crippen LogP) is 3.66. The number of benzene rings is 1. The molecule has 15 heavy (non-hydrogen) atoms. The second-order valence-corrected chi connectivity index (χ2v) is 4.13. The van der Waals surface area contributed by atoms with Gasteiger partial charge in [-0.2, -0.15) is 0 Å². The molecule has 3 nitrogen and oxygen atoms in total. The number of nitro benzene ring substituents is 1. The van der Waals surface area contributed by atoms with Crippen molar-refractivity contribution in [3.05, 3.63) is 46.4 Å². The topological polar surface area (TPSA) is 43.1 Å². The maximum atomic E-state index is 10.9. The van der Waals surface area contributed by atoms with Crippen LogP contribution in [0.15, 0.2) is 18.2 Å². The fraction of sp³-hybridized carbons (Fsp3) is 0.417. The molecule has 0 heterocycles. The van der Waals surface area contributed by atoms with E-state index in [1.54, 1.807) is 6.07 Å². The number of rotatable bonds is 3. The number of nitrogens with zero attached hydrogens (tertiary/aromatic N) is 1. The maximum Gasteiger partial charge on any atom is 0.273 e. The lowest BCUT2D eigenvalue weighted by Crippen LogP contribution is -1.99. The smallest absolute Gasteiger partial charge is 0.258 e. The van der Waals surface area contributed by atoms with Crippen LogP contribution < -0.4 is 0 Å². The van der Waals surface area contributed by atoms with Crippen molar-refractivity contribution in [3.63, 3.8) is 0 Å². The first-order valence-corrected chi connectivity index (χ1v) is 5.04. The lowest BCUT2D eigenvalue weighted by Gasteiger charge is -2.10. The van der Waals surface area contributed by atoms with Crippen molar-refractivity contribution in [1.82, 2.24) is 0 Å². The summed E-state index contributed by atoms with van der Waals surface area (Å²) in [5.74, 6) is 0.240. The van der Waals surface area contributed by atoms with Gasteiger partial charge in [0.15, 0.2) is 0 Å². The summed E-state index contributed by atoms with van der Waals surface area (Å²) < 4.78 is 0. The van der Waals surface area contributed by atoms with Crippen LogP contribution in [0, 0.1) is 17.0 Å². The molecule has 1 radical (unpaired) electrons. The Morgan fingerprint density at radius 1 is 1.33 bits per heavy atom. The minimum Gasteiger partial charge on any atom is -0.258 e. The van der Waals surface area contributed by atoms with E-state index >= 15 is 0 Å². The van der Waals surface area contributed by atoms with E-state index in [9.17, 15) is 10.1 Å². The van der Waals surface area contributed by atoms with Crippen LogP contribution in [-0.2, 0) is 0 Å². The van der Waals surface area contributed by atoms with E-state index in [0.29, 0.717) is 0 Å². The highest BCUT2D eigenvalue weighted by atomic mass is 16.6. The van der Waals surface area contributed by atoms with Gasteiger partial charge in [-0.3, -0.25) is 10.1 Å². The number of nitro groups is 1. The van der Waals surface area contributed by atoms with Crippen LogP contribution in [0.3, 0.4) is 0 Å². The quantitative estimate of drug-likeness (QED) is 0.559. The van der Waals surface area contributed by atoms with Gasteiger partial charge in [0.1, 0.15) is 0 Å². The van der Waals surface area contributed by atoms with Crippen molar-refractivity contribution in [2.75, 3.05) is 0 Å². The molecule has 0 fully saturated rings. The summed E-state index contributed by atoms with van der Waals surface area (Å²) in [6.45, 7) is 9.69. The summed E-state index contributed by atoms with van der Waals surface area (Å²) in [6, 6.07) is 5.38. The zero-order valence-electron chi connectivity index (χ0n) is 9.36. The SMILES string of the molecule is [CH2]C(C)c1ccc(C(C)C)c([N+](=O)[O-])c1. The van der Waals surface area contributed by atoms with Crippen molar-refractivity contribution >= 4 is 5.69 Å². The van der Waals surface area contributed by atoms with E-state index in [4.69, 9.17) is 0 Å². The van der Waals surface area contributed by atoms with Crippen LogP contribution in [0.1, 0.15) is 43.7 Å². The third kappa shape index (κ3) is 2.55. The normalized spacial score (nSPS) is 11.1. The third-order valence-electron chi connectivity index (χ3n) is 2.44. The van der Waals surface area contributed by atoms with E-state index in [2.05, 4.69) is 6.92 Å². The Morgan fingerprint density at radius 2 is 1.93 bits per heavy atom. The van der Waals surface area contributed by atoms with Gasteiger partial charge in [-0.25, -0.2) is 0 Å². The van der Waals surface area contributed by atoms with E-state index in [1.807, 2.05) is 32.9 Å². The molecule has 0 amide bonds. The van der Waals surface area contributed by atoms with Crippen LogP contribution >= 0.6 is 0 Å². The van der Waals surface area contributed by atoms with Crippen LogP contribution in [0.25, 0.3) is 0 Å². The molecular weight excluding hydrogens is 190 g/mol. The van der Waals surface area contributed by atoms with Crippen LogP contribution in [0.5, 0.6) is 0 Å². The highest BCUT2D eigenvalue weighted by Crippen LogP contribution is 2.29. The van der Waals surface area contributed by atoms with Gasteiger partial charge in [-0.15, -0.1) is 0 Å². The monoisotopic (exact) mass is 206 g/mol. The molecule has 1 unspecified atom stereocenters. The van der Waals surface area contributed by atoms with Gasteiger partial charge in [0.25, 0.3) is 5.69 Å². The molecule has 0 saturated carbocycles. The van der Waals surface area contributed by atoms with Crippen molar-refractivity contribution in [3.8, 4) is 0 Å². The Balaban J connectivity index is 3.27. The molecule has 81 valence electrons. The van der Waals surface area contributed by atoms with Gasteiger partial charge < -0.3 is 0 Å². The summed E-state index contributed by atoms with van der Waals surface area (Å²) in [4.78, 5) is 10.6. The first kappa shape index (κ1) is 11.7. The molecule has 0 aliphatic carbocycles. The zero-order chi connectivity index (χ0) is 11.6. The Labute approximate surface area is 90.3 Å². The van der Waals surface area contributed by atoms with Gasteiger partial charge in [0.05, 0.1) is 4.92 Å². The molecule has 0 bridgehead atoms. The molecule has 1 atom stereocenters. The molecule has 0 aliphatic heterocycles. The molecular formula is C12H16NO2. The summed E-state index contributed by atoms with van der Waals surface area (Å²) in [6.07, 6.45) is 0. The largest absolute Gasteiger partial charge is 0.273 e. The summed E-state index contributed by atoms with van der Waals surface area (Å²) >= 11 is 0. The second-order valence-electron chi connectivity index (χ2n) is 4.13. The minimum atomic E-state index is -0.318. The van der Waals surface area contributed by atoms with E-state index < -0.39 is 0 Å². The van der Waals surface area contributed by atoms with Gasteiger partial charge in [0, 0.05) is 11.6 Å². The van der Waals surface area contributed by atoms with Crippen molar-refractivity contribution in [2.45, 2.75) is 32.6 Å². The third-order valence-corrected chi connectivity index (χ3v) is 2.44. The van der Waals surface area contributed by atoms with E-state index in [-0.39, 0.29) is 22.4 Å². The number of hydrogen-bond donors (Lipinski definition) is 0. The molecule has 0 aliphatic rings. The highest BCUT2D eigenvalue weighted by molar-refractivity contribution is 5.46. The summed E-state index contributed by atoms with van der Waals surface area (Å²) in [5.41, 5.74) is 1.90. The first-order valence-electron chi connectivity index (χ1n) is 5.04. The van der Waals surface area contributed by atoms with Crippen molar-refractivity contribution in [2.24, 2.45) is 0 Å². The fourth-order valence-electron chi connectivity index (χ4n) is 1.51. The van der Waals surface area contributed by atoms with Crippen LogP contribution in [-0.4, -0.2) is 4.92 Å². The Bertz CT molecular complexity index is 370. The zero-order valence-corrected chi connectivity index (χ0v) is 9.36. The molecule has 0 saturated heterocycles. The van der Waals surface area contributed by atoms with Gasteiger partial charge in [0.2, 0.25) is 0 Å². The van der Waals surface area contributed by atoms with E-state index in [0.717, 1.165) is 11.1 Å². The van der Waals surface area contributed by atoms with Crippen molar-refractivity contribution < 1.29 is 4.92 Å². The Hall–Kier alpha value is -1.38. The molecule has 3 heteroatoms. The van der Waals surface area contributed by atoms with Gasteiger partial charge in [-0.05, 0) is 24.3 Å². The standard InChI is InChI=1S/C12H16NO2/c1-8(2)10-5-6-11(9(3)4)12(7-10)13(14)15/h5-9H,1H2,2-4H3. The molecule has 0 N–H and O–H groups in total. The molecule has 1 aromatic rings. The Morgan fingerprint density at radius 3 is 2.33 bits per heavy atom. The average molecular weight is 206 g/mol. The fourth-order valence-corrected chi connectivity index (χ4v) is 1.51.